The number of carbonyl (C=O) groups excluding carboxylic acids is 1. The van der Waals surface area contributed by atoms with Crippen LogP contribution in [0.5, 0.6) is 0 Å². The van der Waals surface area contributed by atoms with Gasteiger partial charge in [0.15, 0.2) is 0 Å². The van der Waals surface area contributed by atoms with Gasteiger partial charge in [-0.3, -0.25) is 4.79 Å². The Balaban J connectivity index is 1.43. The highest BCUT2D eigenvalue weighted by Gasteiger charge is 2.15. The summed E-state index contributed by atoms with van der Waals surface area (Å²) in [5.74, 6) is 0.528. The van der Waals surface area contributed by atoms with Crippen LogP contribution in [0.15, 0.2) is 52.2 Å². The van der Waals surface area contributed by atoms with Gasteiger partial charge in [-0.15, -0.1) is 10.2 Å². The number of thioether (sulfide) groups is 1. The molecule has 4 aromatic rings. The number of nitrogens with one attached hydrogen (secondary N) is 2. The van der Waals surface area contributed by atoms with Gasteiger partial charge in [0.2, 0.25) is 5.91 Å². The largest absolute Gasteiger partial charge is 0.411 e. The van der Waals surface area contributed by atoms with Crippen LogP contribution < -0.4 is 5.32 Å². The van der Waals surface area contributed by atoms with Crippen LogP contribution in [0.2, 0.25) is 0 Å². The SMILES string of the molecule is Cc1cc(C)c(NC(=O)CSc2nnc(-c3c[nH]c4ccccc34)o2)c(C)c1. The molecule has 2 N–H and O–H groups in total. The number of carbonyl (C=O) groups is 1. The summed E-state index contributed by atoms with van der Waals surface area (Å²) in [6.45, 7) is 6.03. The first-order valence-corrected chi connectivity index (χ1v) is 9.90. The normalized spacial score (nSPS) is 11.1. The van der Waals surface area contributed by atoms with Crippen LogP contribution in [0.1, 0.15) is 16.7 Å². The Morgan fingerprint density at radius 2 is 1.89 bits per heavy atom. The van der Waals surface area contributed by atoms with E-state index in [0.717, 1.165) is 33.3 Å². The van der Waals surface area contributed by atoms with Crippen LogP contribution >= 0.6 is 11.8 Å². The second-order valence-electron chi connectivity index (χ2n) is 6.73. The molecule has 6 nitrogen and oxygen atoms in total. The van der Waals surface area contributed by atoms with Crippen molar-refractivity contribution in [2.45, 2.75) is 26.0 Å². The summed E-state index contributed by atoms with van der Waals surface area (Å²) >= 11 is 1.22. The second-order valence-corrected chi connectivity index (χ2v) is 7.66. The lowest BCUT2D eigenvalue weighted by atomic mass is 10.1. The maximum absolute atomic E-state index is 12.4. The lowest BCUT2D eigenvalue weighted by Gasteiger charge is -2.12. The molecule has 142 valence electrons. The molecule has 2 aromatic heterocycles. The summed E-state index contributed by atoms with van der Waals surface area (Å²) in [6.07, 6.45) is 1.85. The molecule has 0 saturated carbocycles. The zero-order valence-electron chi connectivity index (χ0n) is 15.9. The van der Waals surface area contributed by atoms with Crippen LogP contribution in [0.4, 0.5) is 5.69 Å². The number of hydrogen-bond acceptors (Lipinski definition) is 5. The Kier molecular flexibility index (Phi) is 4.92. The van der Waals surface area contributed by atoms with Crippen LogP contribution in [0.3, 0.4) is 0 Å². The molecule has 28 heavy (non-hydrogen) atoms. The van der Waals surface area contributed by atoms with E-state index in [1.165, 1.54) is 17.3 Å². The van der Waals surface area contributed by atoms with E-state index in [9.17, 15) is 4.79 Å². The summed E-state index contributed by atoms with van der Waals surface area (Å²) in [4.78, 5) is 15.5. The maximum Gasteiger partial charge on any atom is 0.277 e. The highest BCUT2D eigenvalue weighted by atomic mass is 32.2. The van der Waals surface area contributed by atoms with E-state index in [1.807, 2.05) is 51.2 Å². The van der Waals surface area contributed by atoms with Crippen LogP contribution in [0, 0.1) is 20.8 Å². The number of aromatic amines is 1. The summed E-state index contributed by atoms with van der Waals surface area (Å²) in [6, 6.07) is 12.0. The van der Waals surface area contributed by atoms with E-state index in [-0.39, 0.29) is 11.7 Å². The minimum absolute atomic E-state index is 0.105. The van der Waals surface area contributed by atoms with Crippen molar-refractivity contribution < 1.29 is 9.21 Å². The quantitative estimate of drug-likeness (QED) is 0.473. The van der Waals surface area contributed by atoms with Gasteiger partial charge in [0.05, 0.1) is 11.3 Å². The number of aryl methyl sites for hydroxylation is 3. The van der Waals surface area contributed by atoms with Crippen molar-refractivity contribution in [2.75, 3.05) is 11.1 Å². The molecule has 1 amide bonds. The molecular formula is C21H20N4O2S. The average molecular weight is 392 g/mol. The molecule has 7 heteroatoms. The fourth-order valence-electron chi connectivity index (χ4n) is 3.31. The zero-order valence-corrected chi connectivity index (χ0v) is 16.7. The summed E-state index contributed by atoms with van der Waals surface area (Å²) in [5, 5.41) is 12.5. The van der Waals surface area contributed by atoms with Crippen LogP contribution in [-0.4, -0.2) is 26.8 Å². The number of hydrogen-bond donors (Lipinski definition) is 2. The molecular weight excluding hydrogens is 372 g/mol. The Hall–Kier alpha value is -3.06. The molecule has 4 rings (SSSR count). The Bertz CT molecular complexity index is 1140. The highest BCUT2D eigenvalue weighted by Crippen LogP contribution is 2.29. The summed E-state index contributed by atoms with van der Waals surface area (Å²) < 4.78 is 5.74. The van der Waals surface area contributed by atoms with E-state index in [2.05, 4.69) is 32.6 Å². The Labute approximate surface area is 166 Å². The van der Waals surface area contributed by atoms with E-state index >= 15 is 0 Å². The number of para-hydroxylation sites is 1. The van der Waals surface area contributed by atoms with Gasteiger partial charge < -0.3 is 14.7 Å². The third-order valence-corrected chi connectivity index (χ3v) is 5.31. The van der Waals surface area contributed by atoms with Crippen LogP contribution in [-0.2, 0) is 4.79 Å². The number of fused-ring (bicyclic) bond motifs is 1. The lowest BCUT2D eigenvalue weighted by molar-refractivity contribution is -0.113. The number of H-pyrrole nitrogens is 1. The van der Waals surface area contributed by atoms with Crippen molar-refractivity contribution >= 4 is 34.3 Å². The molecule has 0 aliphatic carbocycles. The highest BCUT2D eigenvalue weighted by molar-refractivity contribution is 7.99. The summed E-state index contributed by atoms with van der Waals surface area (Å²) in [5.41, 5.74) is 6.00. The van der Waals surface area contributed by atoms with E-state index < -0.39 is 0 Å². The molecule has 0 unspecified atom stereocenters. The first kappa shape index (κ1) is 18.3. The van der Waals surface area contributed by atoms with Gasteiger partial charge in [-0.2, -0.15) is 0 Å². The van der Waals surface area contributed by atoms with Gasteiger partial charge in [-0.05, 0) is 38.0 Å². The van der Waals surface area contributed by atoms with Crippen molar-refractivity contribution in [3.05, 3.63) is 59.3 Å². The first-order chi connectivity index (χ1) is 13.5. The smallest absolute Gasteiger partial charge is 0.277 e. The average Bonchev–Trinajstić information content (AvgIpc) is 3.29. The lowest BCUT2D eigenvalue weighted by Crippen LogP contribution is -2.15. The van der Waals surface area contributed by atoms with E-state index in [4.69, 9.17) is 4.42 Å². The fraction of sp³-hybridized carbons (Fsp3) is 0.190. The van der Waals surface area contributed by atoms with E-state index in [1.54, 1.807) is 0 Å². The third-order valence-electron chi connectivity index (χ3n) is 4.49. The number of nitrogens with zero attached hydrogens (tertiary/aromatic N) is 2. The van der Waals surface area contributed by atoms with Crippen molar-refractivity contribution in [1.82, 2.24) is 15.2 Å². The number of benzene rings is 2. The van der Waals surface area contributed by atoms with Crippen molar-refractivity contribution in [3.63, 3.8) is 0 Å². The Morgan fingerprint density at radius 1 is 1.14 bits per heavy atom. The Morgan fingerprint density at radius 3 is 2.68 bits per heavy atom. The second kappa shape index (κ2) is 7.52. The minimum Gasteiger partial charge on any atom is -0.411 e. The third kappa shape index (κ3) is 3.66. The standard InChI is InChI=1S/C21H20N4O2S/c1-12-8-13(2)19(14(3)9-12)23-18(26)11-28-21-25-24-20(27-21)16-10-22-17-7-5-4-6-15(16)17/h4-10,22H,11H2,1-3H3,(H,23,26). The predicted molar refractivity (Wildman–Crippen MR) is 112 cm³/mol. The molecule has 0 fully saturated rings. The van der Waals surface area contributed by atoms with Gasteiger partial charge in [-0.1, -0.05) is 47.7 Å². The van der Waals surface area contributed by atoms with Gasteiger partial charge in [0.25, 0.3) is 11.1 Å². The predicted octanol–water partition coefficient (Wildman–Crippen LogP) is 4.87. The maximum atomic E-state index is 12.4. The molecule has 0 bridgehead atoms. The van der Waals surface area contributed by atoms with Crippen molar-refractivity contribution in [3.8, 4) is 11.5 Å². The monoisotopic (exact) mass is 392 g/mol. The van der Waals surface area contributed by atoms with Gasteiger partial charge >= 0.3 is 0 Å². The summed E-state index contributed by atoms with van der Waals surface area (Å²) in [7, 11) is 0. The number of amides is 1. The topological polar surface area (TPSA) is 83.8 Å². The van der Waals surface area contributed by atoms with Gasteiger partial charge in [-0.25, -0.2) is 0 Å². The molecule has 0 aliphatic rings. The van der Waals surface area contributed by atoms with E-state index in [0.29, 0.717) is 11.1 Å². The van der Waals surface area contributed by atoms with Gasteiger partial charge in [0, 0.05) is 22.8 Å². The molecule has 2 heterocycles. The molecule has 0 atom stereocenters. The molecule has 0 aliphatic heterocycles. The number of rotatable bonds is 5. The molecule has 0 radical (unpaired) electrons. The molecule has 0 spiro atoms. The fourth-order valence-corrected chi connectivity index (χ4v) is 3.87. The van der Waals surface area contributed by atoms with Gasteiger partial charge in [0.1, 0.15) is 0 Å². The minimum atomic E-state index is -0.105. The number of anilines is 1. The molecule has 0 saturated heterocycles. The zero-order chi connectivity index (χ0) is 19.7. The first-order valence-electron chi connectivity index (χ1n) is 8.92. The number of aromatic nitrogens is 3. The van der Waals surface area contributed by atoms with Crippen LogP contribution in [0.25, 0.3) is 22.4 Å². The van der Waals surface area contributed by atoms with Crippen molar-refractivity contribution in [1.29, 1.82) is 0 Å². The molecule has 2 aromatic carbocycles. The van der Waals surface area contributed by atoms with Crippen molar-refractivity contribution in [2.24, 2.45) is 0 Å².